The summed E-state index contributed by atoms with van der Waals surface area (Å²) in [5.41, 5.74) is 1.30. The summed E-state index contributed by atoms with van der Waals surface area (Å²) in [6, 6.07) is 7.90. The molecule has 6 heteroatoms. The number of nitrogens with zero attached hydrogens (tertiary/aromatic N) is 5. The van der Waals surface area contributed by atoms with Crippen molar-refractivity contribution in [3.63, 3.8) is 0 Å². The van der Waals surface area contributed by atoms with Crippen LogP contribution in [0.5, 0.6) is 0 Å². The first kappa shape index (κ1) is 14.4. The van der Waals surface area contributed by atoms with Gasteiger partial charge in [0.25, 0.3) is 0 Å². The van der Waals surface area contributed by atoms with Crippen molar-refractivity contribution in [2.75, 3.05) is 18.0 Å². The molecule has 0 N–H and O–H groups in total. The van der Waals surface area contributed by atoms with Crippen LogP contribution in [0.1, 0.15) is 24.2 Å². The highest BCUT2D eigenvalue weighted by Crippen LogP contribution is 2.21. The van der Waals surface area contributed by atoms with Crippen molar-refractivity contribution in [1.82, 2.24) is 15.0 Å². The zero-order valence-corrected chi connectivity index (χ0v) is 12.2. The number of hydrogen-bond donors (Lipinski definition) is 0. The van der Waals surface area contributed by atoms with E-state index in [4.69, 9.17) is 10.00 Å². The number of ether oxygens (including phenoxy) is 1. The van der Waals surface area contributed by atoms with Gasteiger partial charge in [-0.3, -0.25) is 4.98 Å². The molecule has 1 saturated heterocycles. The lowest BCUT2D eigenvalue weighted by Crippen LogP contribution is -2.40. The molecule has 6 nitrogen and oxygen atoms in total. The number of nitriles is 1. The van der Waals surface area contributed by atoms with Crippen molar-refractivity contribution < 1.29 is 4.74 Å². The third-order valence-corrected chi connectivity index (χ3v) is 3.66. The lowest BCUT2D eigenvalue weighted by atomic mass is 10.1. The molecule has 1 aliphatic heterocycles. The molecule has 2 aromatic heterocycles. The number of rotatable bonds is 4. The Labute approximate surface area is 129 Å². The molecule has 2 aromatic rings. The van der Waals surface area contributed by atoms with Gasteiger partial charge in [0.05, 0.1) is 18.4 Å². The van der Waals surface area contributed by atoms with Crippen molar-refractivity contribution in [2.24, 2.45) is 0 Å². The van der Waals surface area contributed by atoms with Crippen LogP contribution in [0.15, 0.2) is 36.8 Å². The van der Waals surface area contributed by atoms with Gasteiger partial charge in [-0.15, -0.1) is 0 Å². The third kappa shape index (κ3) is 3.38. The number of hydrogen-bond acceptors (Lipinski definition) is 6. The average molecular weight is 295 g/mol. The lowest BCUT2D eigenvalue weighted by molar-refractivity contribution is 0.0297. The van der Waals surface area contributed by atoms with E-state index in [1.807, 2.05) is 18.2 Å². The Bertz CT molecular complexity index is 655. The third-order valence-electron chi connectivity index (χ3n) is 3.66. The summed E-state index contributed by atoms with van der Waals surface area (Å²) in [4.78, 5) is 14.7. The van der Waals surface area contributed by atoms with E-state index in [-0.39, 0.29) is 6.10 Å². The average Bonchev–Trinajstić information content (AvgIpc) is 2.61. The Morgan fingerprint density at radius 2 is 2.14 bits per heavy atom. The molecule has 22 heavy (non-hydrogen) atoms. The van der Waals surface area contributed by atoms with Gasteiger partial charge in [0.1, 0.15) is 6.07 Å². The van der Waals surface area contributed by atoms with E-state index in [9.17, 15) is 0 Å². The maximum atomic E-state index is 9.15. The van der Waals surface area contributed by atoms with Gasteiger partial charge < -0.3 is 9.64 Å². The summed E-state index contributed by atoms with van der Waals surface area (Å²) in [5, 5.41) is 9.15. The maximum absolute atomic E-state index is 9.15. The summed E-state index contributed by atoms with van der Waals surface area (Å²) in [6.45, 7) is 2.10. The number of anilines is 1. The number of pyridine rings is 1. The molecule has 0 aromatic carbocycles. The lowest BCUT2D eigenvalue weighted by Gasteiger charge is -2.33. The molecule has 0 saturated carbocycles. The molecule has 1 aliphatic rings. The first-order chi connectivity index (χ1) is 10.9. The van der Waals surface area contributed by atoms with Crippen molar-refractivity contribution >= 4 is 5.82 Å². The fourth-order valence-electron chi connectivity index (χ4n) is 2.59. The highest BCUT2D eigenvalue weighted by molar-refractivity contribution is 5.49. The minimum Gasteiger partial charge on any atom is -0.370 e. The summed E-state index contributed by atoms with van der Waals surface area (Å²) in [6.07, 6.45) is 7.06. The van der Waals surface area contributed by atoms with E-state index >= 15 is 0 Å². The van der Waals surface area contributed by atoms with Gasteiger partial charge in [0, 0.05) is 31.7 Å². The molecule has 0 aliphatic carbocycles. The van der Waals surface area contributed by atoms with E-state index in [2.05, 4.69) is 25.9 Å². The number of piperidine rings is 1. The SMILES string of the molecule is N#Cc1nccnc1N1CCCC(OCc2ccccn2)C1. The van der Waals surface area contributed by atoms with Crippen molar-refractivity contribution in [3.8, 4) is 6.07 Å². The Morgan fingerprint density at radius 1 is 1.23 bits per heavy atom. The molecule has 1 atom stereocenters. The highest BCUT2D eigenvalue weighted by atomic mass is 16.5. The predicted molar refractivity (Wildman–Crippen MR) is 81.0 cm³/mol. The van der Waals surface area contributed by atoms with E-state index in [0.29, 0.717) is 18.1 Å². The minimum absolute atomic E-state index is 0.115. The number of aromatic nitrogens is 3. The van der Waals surface area contributed by atoms with Crippen LogP contribution in [0.4, 0.5) is 5.82 Å². The van der Waals surface area contributed by atoms with Gasteiger partial charge in [-0.1, -0.05) is 6.07 Å². The van der Waals surface area contributed by atoms with Crippen LogP contribution in [-0.4, -0.2) is 34.1 Å². The molecule has 3 heterocycles. The predicted octanol–water partition coefficient (Wildman–Crippen LogP) is 1.93. The van der Waals surface area contributed by atoms with Crippen LogP contribution in [0, 0.1) is 11.3 Å². The molecule has 1 fully saturated rings. The van der Waals surface area contributed by atoms with Crippen molar-refractivity contribution in [2.45, 2.75) is 25.6 Å². The van der Waals surface area contributed by atoms with Gasteiger partial charge in [-0.2, -0.15) is 5.26 Å². The monoisotopic (exact) mass is 295 g/mol. The van der Waals surface area contributed by atoms with E-state index in [1.165, 1.54) is 0 Å². The smallest absolute Gasteiger partial charge is 0.183 e. The Kier molecular flexibility index (Phi) is 4.56. The summed E-state index contributed by atoms with van der Waals surface area (Å²) >= 11 is 0. The second kappa shape index (κ2) is 6.96. The highest BCUT2D eigenvalue weighted by Gasteiger charge is 2.23. The van der Waals surface area contributed by atoms with Crippen LogP contribution in [0.2, 0.25) is 0 Å². The standard InChI is InChI=1S/C16H17N5O/c17-10-15-16(20-8-7-19-15)21-9-3-5-14(11-21)22-12-13-4-1-2-6-18-13/h1-2,4,6-8,14H,3,5,9,11-12H2. The molecule has 1 unspecified atom stereocenters. The molecular formula is C16H17N5O. The Morgan fingerprint density at radius 3 is 2.95 bits per heavy atom. The normalized spacial score (nSPS) is 18.0. The quantitative estimate of drug-likeness (QED) is 0.858. The van der Waals surface area contributed by atoms with Crippen LogP contribution in [-0.2, 0) is 11.3 Å². The molecule has 3 rings (SSSR count). The van der Waals surface area contributed by atoms with Crippen molar-refractivity contribution in [3.05, 3.63) is 48.2 Å². The minimum atomic E-state index is 0.115. The summed E-state index contributed by atoms with van der Waals surface area (Å²) < 4.78 is 5.96. The Hall–Kier alpha value is -2.52. The summed E-state index contributed by atoms with van der Waals surface area (Å²) in [5.74, 6) is 0.649. The largest absolute Gasteiger partial charge is 0.370 e. The molecule has 0 amide bonds. The molecule has 112 valence electrons. The molecule has 0 bridgehead atoms. The zero-order chi connectivity index (χ0) is 15.2. The van der Waals surface area contributed by atoms with E-state index < -0.39 is 0 Å². The molecule has 0 spiro atoms. The topological polar surface area (TPSA) is 74.9 Å². The Balaban J connectivity index is 1.63. The fraction of sp³-hybridized carbons (Fsp3) is 0.375. The van der Waals surface area contributed by atoms with E-state index in [1.54, 1.807) is 18.6 Å². The molecule has 0 radical (unpaired) electrons. The van der Waals surface area contributed by atoms with Crippen LogP contribution >= 0.6 is 0 Å². The second-order valence-corrected chi connectivity index (χ2v) is 5.18. The first-order valence-corrected chi connectivity index (χ1v) is 7.34. The first-order valence-electron chi connectivity index (χ1n) is 7.34. The van der Waals surface area contributed by atoms with Gasteiger partial charge >= 0.3 is 0 Å². The zero-order valence-electron chi connectivity index (χ0n) is 12.2. The van der Waals surface area contributed by atoms with Crippen LogP contribution in [0.3, 0.4) is 0 Å². The fourth-order valence-corrected chi connectivity index (χ4v) is 2.59. The second-order valence-electron chi connectivity index (χ2n) is 5.18. The van der Waals surface area contributed by atoms with Gasteiger partial charge in [-0.25, -0.2) is 9.97 Å². The summed E-state index contributed by atoms with van der Waals surface area (Å²) in [7, 11) is 0. The van der Waals surface area contributed by atoms with Gasteiger partial charge in [0.15, 0.2) is 11.5 Å². The van der Waals surface area contributed by atoms with Gasteiger partial charge in [0.2, 0.25) is 0 Å². The van der Waals surface area contributed by atoms with Gasteiger partial charge in [-0.05, 0) is 25.0 Å². The van der Waals surface area contributed by atoms with Crippen LogP contribution < -0.4 is 4.90 Å². The molecular weight excluding hydrogens is 278 g/mol. The van der Waals surface area contributed by atoms with Crippen molar-refractivity contribution in [1.29, 1.82) is 5.26 Å². The van der Waals surface area contributed by atoms with E-state index in [0.717, 1.165) is 31.6 Å². The maximum Gasteiger partial charge on any atom is 0.183 e. The van der Waals surface area contributed by atoms with Crippen LogP contribution in [0.25, 0.3) is 0 Å².